The van der Waals surface area contributed by atoms with E-state index in [-0.39, 0.29) is 5.91 Å². The SMILES string of the molecule is CC(=O)Nc1cccc(-c2c[nH]c3ccccc23)c1. The molecule has 19 heavy (non-hydrogen) atoms. The molecule has 0 spiro atoms. The molecular formula is C16H14N2O. The van der Waals surface area contributed by atoms with Gasteiger partial charge in [0.2, 0.25) is 5.91 Å². The first-order chi connectivity index (χ1) is 9.24. The highest BCUT2D eigenvalue weighted by molar-refractivity contribution is 5.96. The second-order valence-electron chi connectivity index (χ2n) is 4.51. The maximum atomic E-state index is 11.1. The van der Waals surface area contributed by atoms with Gasteiger partial charge in [0.1, 0.15) is 0 Å². The molecule has 0 saturated heterocycles. The van der Waals surface area contributed by atoms with Crippen molar-refractivity contribution in [2.75, 3.05) is 5.32 Å². The van der Waals surface area contributed by atoms with Crippen molar-refractivity contribution in [3.63, 3.8) is 0 Å². The Balaban J connectivity index is 2.09. The summed E-state index contributed by atoms with van der Waals surface area (Å²) < 4.78 is 0. The molecule has 1 amide bonds. The normalized spacial score (nSPS) is 10.6. The first-order valence-electron chi connectivity index (χ1n) is 6.18. The third-order valence-corrected chi connectivity index (χ3v) is 3.08. The van der Waals surface area contributed by atoms with Crippen LogP contribution in [0.3, 0.4) is 0 Å². The van der Waals surface area contributed by atoms with Gasteiger partial charge in [-0.05, 0) is 23.8 Å². The Hall–Kier alpha value is -2.55. The molecule has 3 aromatic rings. The van der Waals surface area contributed by atoms with Gasteiger partial charge in [-0.3, -0.25) is 4.79 Å². The zero-order valence-corrected chi connectivity index (χ0v) is 10.6. The molecular weight excluding hydrogens is 236 g/mol. The number of carbonyl (C=O) groups is 1. The van der Waals surface area contributed by atoms with Crippen LogP contribution < -0.4 is 5.32 Å². The quantitative estimate of drug-likeness (QED) is 0.714. The van der Waals surface area contributed by atoms with Gasteiger partial charge in [-0.2, -0.15) is 0 Å². The summed E-state index contributed by atoms with van der Waals surface area (Å²) in [6, 6.07) is 16.0. The summed E-state index contributed by atoms with van der Waals surface area (Å²) in [6.45, 7) is 1.51. The van der Waals surface area contributed by atoms with E-state index in [0.29, 0.717) is 0 Å². The average Bonchev–Trinajstić information content (AvgIpc) is 2.82. The van der Waals surface area contributed by atoms with Crippen LogP contribution in [-0.2, 0) is 4.79 Å². The molecule has 3 heteroatoms. The molecule has 1 heterocycles. The highest BCUT2D eigenvalue weighted by Crippen LogP contribution is 2.29. The standard InChI is InChI=1S/C16H14N2O/c1-11(19)18-13-6-4-5-12(9-13)15-10-17-16-8-3-2-7-14(15)16/h2-10,17H,1H3,(H,18,19). The number of nitrogens with one attached hydrogen (secondary N) is 2. The summed E-state index contributed by atoms with van der Waals surface area (Å²) in [7, 11) is 0. The van der Waals surface area contributed by atoms with Crippen LogP contribution in [0.15, 0.2) is 54.7 Å². The van der Waals surface area contributed by atoms with Crippen molar-refractivity contribution in [3.8, 4) is 11.1 Å². The summed E-state index contributed by atoms with van der Waals surface area (Å²) >= 11 is 0. The lowest BCUT2D eigenvalue weighted by atomic mass is 10.0. The van der Waals surface area contributed by atoms with E-state index in [1.54, 1.807) is 0 Å². The molecule has 0 unspecified atom stereocenters. The van der Waals surface area contributed by atoms with Gasteiger partial charge < -0.3 is 10.3 Å². The predicted molar refractivity (Wildman–Crippen MR) is 78.0 cm³/mol. The molecule has 2 N–H and O–H groups in total. The van der Waals surface area contributed by atoms with Gasteiger partial charge in [0.15, 0.2) is 0 Å². The van der Waals surface area contributed by atoms with Crippen LogP contribution in [0.5, 0.6) is 0 Å². The number of amides is 1. The Bertz CT molecular complexity index is 743. The van der Waals surface area contributed by atoms with Crippen molar-refractivity contribution in [2.45, 2.75) is 6.92 Å². The zero-order valence-electron chi connectivity index (χ0n) is 10.6. The van der Waals surface area contributed by atoms with Crippen molar-refractivity contribution in [3.05, 3.63) is 54.7 Å². The first-order valence-corrected chi connectivity index (χ1v) is 6.18. The Morgan fingerprint density at radius 2 is 1.95 bits per heavy atom. The number of aromatic amines is 1. The van der Waals surface area contributed by atoms with Gasteiger partial charge in [-0.15, -0.1) is 0 Å². The van der Waals surface area contributed by atoms with Crippen LogP contribution in [0.2, 0.25) is 0 Å². The molecule has 3 rings (SSSR count). The van der Waals surface area contributed by atoms with Crippen LogP contribution in [0.4, 0.5) is 5.69 Å². The number of hydrogen-bond donors (Lipinski definition) is 2. The molecule has 94 valence electrons. The maximum Gasteiger partial charge on any atom is 0.221 e. The van der Waals surface area contributed by atoms with Crippen molar-refractivity contribution in [2.24, 2.45) is 0 Å². The fraction of sp³-hybridized carbons (Fsp3) is 0.0625. The van der Waals surface area contributed by atoms with Gasteiger partial charge in [-0.1, -0.05) is 30.3 Å². The molecule has 0 saturated carbocycles. The number of aromatic nitrogens is 1. The fourth-order valence-corrected chi connectivity index (χ4v) is 2.28. The van der Waals surface area contributed by atoms with E-state index in [2.05, 4.69) is 22.4 Å². The third kappa shape index (κ3) is 2.22. The lowest BCUT2D eigenvalue weighted by Gasteiger charge is -2.05. The Morgan fingerprint density at radius 1 is 1.11 bits per heavy atom. The summed E-state index contributed by atoms with van der Waals surface area (Å²) in [5.74, 6) is -0.0592. The fourth-order valence-electron chi connectivity index (χ4n) is 2.28. The molecule has 0 radical (unpaired) electrons. The molecule has 2 aromatic carbocycles. The van der Waals surface area contributed by atoms with Crippen LogP contribution in [-0.4, -0.2) is 10.9 Å². The highest BCUT2D eigenvalue weighted by Gasteiger charge is 2.06. The summed E-state index contributed by atoms with van der Waals surface area (Å²) in [4.78, 5) is 14.4. The topological polar surface area (TPSA) is 44.9 Å². The van der Waals surface area contributed by atoms with Gasteiger partial charge >= 0.3 is 0 Å². The molecule has 0 atom stereocenters. The Morgan fingerprint density at radius 3 is 2.79 bits per heavy atom. The molecule has 0 fully saturated rings. The lowest BCUT2D eigenvalue weighted by molar-refractivity contribution is -0.114. The largest absolute Gasteiger partial charge is 0.361 e. The summed E-state index contributed by atoms with van der Waals surface area (Å²) in [5.41, 5.74) is 4.16. The van der Waals surface area contributed by atoms with Gasteiger partial charge in [-0.25, -0.2) is 0 Å². The Kier molecular flexibility index (Phi) is 2.80. The summed E-state index contributed by atoms with van der Waals surface area (Å²) in [5, 5.41) is 3.99. The zero-order chi connectivity index (χ0) is 13.2. The van der Waals surface area contributed by atoms with Gasteiger partial charge in [0.05, 0.1) is 0 Å². The van der Waals surface area contributed by atoms with Crippen LogP contribution in [0, 0.1) is 0 Å². The minimum absolute atomic E-state index is 0.0592. The van der Waals surface area contributed by atoms with Crippen molar-refractivity contribution in [1.82, 2.24) is 4.98 Å². The minimum Gasteiger partial charge on any atom is -0.361 e. The number of para-hydroxylation sites is 1. The number of anilines is 1. The minimum atomic E-state index is -0.0592. The van der Waals surface area contributed by atoms with Crippen molar-refractivity contribution in [1.29, 1.82) is 0 Å². The molecule has 0 aliphatic carbocycles. The van der Waals surface area contributed by atoms with E-state index < -0.39 is 0 Å². The van der Waals surface area contributed by atoms with Crippen LogP contribution in [0.25, 0.3) is 22.0 Å². The number of rotatable bonds is 2. The molecule has 0 aliphatic heterocycles. The summed E-state index contributed by atoms with van der Waals surface area (Å²) in [6.07, 6.45) is 2.00. The second-order valence-corrected chi connectivity index (χ2v) is 4.51. The van der Waals surface area contributed by atoms with Crippen LogP contribution >= 0.6 is 0 Å². The van der Waals surface area contributed by atoms with E-state index >= 15 is 0 Å². The van der Waals surface area contributed by atoms with Gasteiger partial charge in [0, 0.05) is 35.3 Å². The molecule has 1 aromatic heterocycles. The van der Waals surface area contributed by atoms with Crippen molar-refractivity contribution >= 4 is 22.5 Å². The lowest BCUT2D eigenvalue weighted by Crippen LogP contribution is -2.05. The van der Waals surface area contributed by atoms with Crippen LogP contribution in [0.1, 0.15) is 6.92 Å². The monoisotopic (exact) mass is 250 g/mol. The van der Waals surface area contributed by atoms with E-state index in [4.69, 9.17) is 0 Å². The van der Waals surface area contributed by atoms with Gasteiger partial charge in [0.25, 0.3) is 0 Å². The first kappa shape index (κ1) is 11.5. The number of fused-ring (bicyclic) bond motifs is 1. The number of hydrogen-bond acceptors (Lipinski definition) is 1. The molecule has 3 nitrogen and oxygen atoms in total. The third-order valence-electron chi connectivity index (χ3n) is 3.08. The highest BCUT2D eigenvalue weighted by atomic mass is 16.1. The smallest absolute Gasteiger partial charge is 0.221 e. The second kappa shape index (κ2) is 4.61. The van der Waals surface area contributed by atoms with E-state index in [1.807, 2.05) is 42.6 Å². The number of carbonyl (C=O) groups excluding carboxylic acids is 1. The predicted octanol–water partition coefficient (Wildman–Crippen LogP) is 3.79. The van der Waals surface area contributed by atoms with E-state index in [0.717, 1.165) is 22.3 Å². The average molecular weight is 250 g/mol. The number of benzene rings is 2. The van der Waals surface area contributed by atoms with E-state index in [9.17, 15) is 4.79 Å². The maximum absolute atomic E-state index is 11.1. The number of H-pyrrole nitrogens is 1. The molecule has 0 aliphatic rings. The van der Waals surface area contributed by atoms with E-state index in [1.165, 1.54) is 12.3 Å². The Labute approximate surface area is 111 Å². The molecule has 0 bridgehead atoms. The van der Waals surface area contributed by atoms with Crippen molar-refractivity contribution < 1.29 is 4.79 Å².